The van der Waals surface area contributed by atoms with Crippen LogP contribution < -0.4 is 0 Å². The van der Waals surface area contributed by atoms with Gasteiger partial charge in [-0.05, 0) is 0 Å². The molecule has 1 heterocycles. The van der Waals surface area contributed by atoms with Crippen LogP contribution >= 0.6 is 0 Å². The summed E-state index contributed by atoms with van der Waals surface area (Å²) in [5.74, 6) is 0.270. The van der Waals surface area contributed by atoms with Crippen molar-refractivity contribution in [2.24, 2.45) is 9.80 Å². The number of rotatable bonds is 2. The molecule has 0 fully saturated rings. The summed E-state index contributed by atoms with van der Waals surface area (Å²) in [6.45, 7) is 1.53. The zero-order chi connectivity index (χ0) is 10.4. The van der Waals surface area contributed by atoms with E-state index < -0.39 is 7.05 Å². The molecular formula is C6H10B2N4O2. The maximum atomic E-state index is 9.08. The fourth-order valence-electron chi connectivity index (χ4n) is 0.806. The molecular weight excluding hydrogens is 182 g/mol. The first-order chi connectivity index (χ1) is 6.74. The summed E-state index contributed by atoms with van der Waals surface area (Å²) in [5, 5.41) is 13.0. The van der Waals surface area contributed by atoms with Gasteiger partial charge in [0.2, 0.25) is 0 Å². The maximum absolute atomic E-state index is 9.08. The first kappa shape index (κ1) is 10.6. The second-order valence-electron chi connectivity index (χ2n) is 2.48. The van der Waals surface area contributed by atoms with Gasteiger partial charge in [-0.2, -0.15) is 0 Å². The van der Waals surface area contributed by atoms with Gasteiger partial charge in [-0.25, -0.2) is 0 Å². The molecule has 1 aromatic rings. The third kappa shape index (κ3) is 3.14. The molecule has 8 heteroatoms. The summed E-state index contributed by atoms with van der Waals surface area (Å²) in [6.07, 6.45) is 3.27. The first-order valence-electron chi connectivity index (χ1n) is 4.05. The molecule has 14 heavy (non-hydrogen) atoms. The van der Waals surface area contributed by atoms with Crippen LogP contribution in [0.5, 0.6) is 0 Å². The average molecular weight is 192 g/mol. The summed E-state index contributed by atoms with van der Waals surface area (Å²) in [5.41, 5.74) is 0. The number of hydrogen-bond acceptors (Lipinski definition) is 4. The van der Waals surface area contributed by atoms with Crippen LogP contribution in [0.3, 0.4) is 0 Å². The Morgan fingerprint density at radius 1 is 1.71 bits per heavy atom. The summed E-state index contributed by atoms with van der Waals surface area (Å²) in [7, 11) is 1.87. The third-order valence-electron chi connectivity index (χ3n) is 1.29. The number of aromatic nitrogens is 2. The number of hydrogen-bond donors (Lipinski definition) is 1. The van der Waals surface area contributed by atoms with Crippen molar-refractivity contribution in [1.29, 1.82) is 0 Å². The van der Waals surface area contributed by atoms with Gasteiger partial charge in [0.05, 0.1) is 0 Å². The minimum atomic E-state index is -0.830. The molecule has 1 N–H and O–H groups in total. The predicted octanol–water partition coefficient (Wildman–Crippen LogP) is -0.353. The van der Waals surface area contributed by atoms with Crippen molar-refractivity contribution in [2.45, 2.75) is 6.82 Å². The summed E-state index contributed by atoms with van der Waals surface area (Å²) < 4.78 is 6.09. The van der Waals surface area contributed by atoms with Gasteiger partial charge in [-0.3, -0.25) is 0 Å². The van der Waals surface area contributed by atoms with Crippen LogP contribution in [0.2, 0.25) is 6.82 Å². The van der Waals surface area contributed by atoms with E-state index in [-0.39, 0.29) is 5.96 Å². The zero-order valence-electron chi connectivity index (χ0n) is 8.03. The van der Waals surface area contributed by atoms with Crippen LogP contribution in [0.15, 0.2) is 28.3 Å². The van der Waals surface area contributed by atoms with Crippen LogP contribution in [0.1, 0.15) is 0 Å². The quantitative estimate of drug-likeness (QED) is 0.395. The van der Waals surface area contributed by atoms with Crippen molar-refractivity contribution in [1.82, 2.24) is 9.78 Å². The molecule has 6 nitrogen and oxygen atoms in total. The van der Waals surface area contributed by atoms with E-state index >= 15 is 0 Å². The van der Waals surface area contributed by atoms with Crippen LogP contribution in [-0.2, 0) is 4.65 Å². The molecule has 0 aliphatic heterocycles. The van der Waals surface area contributed by atoms with E-state index in [4.69, 9.17) is 5.02 Å². The van der Waals surface area contributed by atoms with Gasteiger partial charge in [0.15, 0.2) is 0 Å². The second kappa shape index (κ2) is 5.33. The fraction of sp³-hybridized carbons (Fsp3) is 0.333. The van der Waals surface area contributed by atoms with E-state index in [0.717, 1.165) is 0 Å². The van der Waals surface area contributed by atoms with Crippen LogP contribution in [0.25, 0.3) is 0 Å². The van der Waals surface area contributed by atoms with Crippen molar-refractivity contribution in [3.05, 3.63) is 18.5 Å². The first-order valence-corrected chi connectivity index (χ1v) is 4.05. The molecule has 0 amide bonds. The number of nitrogens with zero attached hydrogens (tertiary/aromatic N) is 4. The van der Waals surface area contributed by atoms with Crippen LogP contribution in [0.4, 0.5) is 0 Å². The van der Waals surface area contributed by atoms with Gasteiger partial charge < -0.3 is 0 Å². The molecule has 1 rings (SSSR count). The average Bonchev–Trinajstić information content (AvgIpc) is 2.64. The third-order valence-corrected chi connectivity index (χ3v) is 1.29. The Kier molecular flexibility index (Phi) is 4.06. The van der Waals surface area contributed by atoms with E-state index in [9.17, 15) is 0 Å². The summed E-state index contributed by atoms with van der Waals surface area (Å²) >= 11 is 0. The molecule has 0 saturated heterocycles. The fourth-order valence-corrected chi connectivity index (χ4v) is 0.806. The predicted molar refractivity (Wildman–Crippen MR) is 54.1 cm³/mol. The van der Waals surface area contributed by atoms with E-state index in [2.05, 4.69) is 19.6 Å². The van der Waals surface area contributed by atoms with Gasteiger partial charge in [-0.1, -0.05) is 0 Å². The Morgan fingerprint density at radius 3 is 3.00 bits per heavy atom. The Bertz CT molecular complexity index is 323. The molecule has 0 spiro atoms. The van der Waals surface area contributed by atoms with Gasteiger partial charge in [0.25, 0.3) is 0 Å². The molecule has 0 radical (unpaired) electrons. The van der Waals surface area contributed by atoms with Crippen molar-refractivity contribution < 1.29 is 9.68 Å². The standard InChI is InChI=1S/C6H10B2N4O2/c1-8(13)11-6(10-7-14-2)12-5-3-4-9-12/h3-5,13H,1-2H3. The Hall–Kier alpha value is -1.43. The van der Waals surface area contributed by atoms with Gasteiger partial charge >= 0.3 is 81.9 Å². The monoisotopic (exact) mass is 192 g/mol. The molecule has 0 saturated carbocycles. The molecule has 0 bridgehead atoms. The van der Waals surface area contributed by atoms with Crippen molar-refractivity contribution in [3.63, 3.8) is 0 Å². The van der Waals surface area contributed by atoms with Crippen molar-refractivity contribution in [3.8, 4) is 0 Å². The van der Waals surface area contributed by atoms with Gasteiger partial charge in [0.1, 0.15) is 0 Å². The van der Waals surface area contributed by atoms with E-state index in [0.29, 0.717) is 0 Å². The molecule has 1 aromatic heterocycles. The topological polar surface area (TPSA) is 72.0 Å². The Labute approximate surface area is 82.7 Å². The minimum absolute atomic E-state index is 0.270. The SMILES string of the molecule is COB=NC(=NB(C)O)n1cccn1. The normalized spacial score (nSPS) is 11.5. The van der Waals surface area contributed by atoms with Gasteiger partial charge in [0, 0.05) is 0 Å². The molecule has 0 aromatic carbocycles. The second-order valence-corrected chi connectivity index (χ2v) is 2.48. The van der Waals surface area contributed by atoms with E-state index in [1.807, 2.05) is 0 Å². The molecule has 72 valence electrons. The molecule has 0 atom stereocenters. The van der Waals surface area contributed by atoms with Crippen molar-refractivity contribution in [2.75, 3.05) is 7.11 Å². The summed E-state index contributed by atoms with van der Waals surface area (Å²) in [4.78, 5) is 7.72. The van der Waals surface area contributed by atoms with E-state index in [1.165, 1.54) is 25.9 Å². The van der Waals surface area contributed by atoms with Crippen LogP contribution in [-0.4, -0.2) is 42.2 Å². The molecule has 0 unspecified atom stereocenters. The summed E-state index contributed by atoms with van der Waals surface area (Å²) in [6, 6.07) is 1.74. The van der Waals surface area contributed by atoms with E-state index in [1.54, 1.807) is 18.5 Å². The van der Waals surface area contributed by atoms with Crippen molar-refractivity contribution >= 4 is 20.3 Å². The molecule has 0 aliphatic carbocycles. The van der Waals surface area contributed by atoms with Gasteiger partial charge in [-0.15, -0.1) is 0 Å². The molecule has 0 aliphatic rings. The van der Waals surface area contributed by atoms with Crippen LogP contribution in [0, 0.1) is 0 Å². The Morgan fingerprint density at radius 2 is 2.50 bits per heavy atom. The Balaban J connectivity index is 2.88. The zero-order valence-corrected chi connectivity index (χ0v) is 8.03.